The van der Waals surface area contributed by atoms with Crippen molar-refractivity contribution in [1.29, 1.82) is 0 Å². The maximum atomic E-state index is 5.71. The second kappa shape index (κ2) is 8.94. The van der Waals surface area contributed by atoms with Gasteiger partial charge in [0.15, 0.2) is 24.2 Å². The molecule has 0 bridgehead atoms. The van der Waals surface area contributed by atoms with Crippen LogP contribution < -0.4 is 24.1 Å². The van der Waals surface area contributed by atoms with E-state index in [0.717, 1.165) is 51.1 Å². The van der Waals surface area contributed by atoms with E-state index in [4.69, 9.17) is 14.2 Å². The molecule has 0 unspecified atom stereocenters. The van der Waals surface area contributed by atoms with Gasteiger partial charge in [0.05, 0.1) is 38.0 Å². The van der Waals surface area contributed by atoms with Crippen LogP contribution >= 0.6 is 15.9 Å². The van der Waals surface area contributed by atoms with Crippen LogP contribution in [0.3, 0.4) is 0 Å². The van der Waals surface area contributed by atoms with E-state index in [2.05, 4.69) is 80.5 Å². The fraction of sp³-hybridized carbons (Fsp3) is 0.222. The minimum absolute atomic E-state index is 0.713. The number of nitrogens with one attached hydrogen (secondary N) is 1. The number of benzene rings is 3. The van der Waals surface area contributed by atoms with Crippen molar-refractivity contribution in [2.75, 3.05) is 26.6 Å². The molecular formula is C27H26BrN2O3+. The lowest BCUT2D eigenvalue weighted by atomic mass is 9.95. The van der Waals surface area contributed by atoms with E-state index in [-0.39, 0.29) is 0 Å². The summed E-state index contributed by atoms with van der Waals surface area (Å²) >= 11 is 3.50. The first-order valence-electron chi connectivity index (χ1n) is 10.9. The molecule has 2 heterocycles. The van der Waals surface area contributed by atoms with Gasteiger partial charge in [-0.1, -0.05) is 34.1 Å². The molecule has 1 aliphatic rings. The van der Waals surface area contributed by atoms with Crippen LogP contribution in [0.25, 0.3) is 22.0 Å². The summed E-state index contributed by atoms with van der Waals surface area (Å²) in [5, 5.41) is 5.91. The molecule has 168 valence electrons. The molecule has 0 saturated heterocycles. The van der Waals surface area contributed by atoms with Crippen LogP contribution in [0.4, 0.5) is 5.69 Å². The average Bonchev–Trinajstić information content (AvgIpc) is 2.86. The monoisotopic (exact) mass is 505 g/mol. The SMILES string of the molecule is COc1cc2c(cc1OC)-c1cc3ccc(OC)c(NCc4ccc(Br)cc4)c3c[n+]1CC2. The number of aryl methyl sites for hydroxylation is 2. The summed E-state index contributed by atoms with van der Waals surface area (Å²) in [6, 6.07) is 18.9. The number of hydrogen-bond donors (Lipinski definition) is 1. The molecule has 33 heavy (non-hydrogen) atoms. The highest BCUT2D eigenvalue weighted by molar-refractivity contribution is 9.10. The van der Waals surface area contributed by atoms with Crippen molar-refractivity contribution >= 4 is 32.4 Å². The summed E-state index contributed by atoms with van der Waals surface area (Å²) in [6.45, 7) is 1.61. The Hall–Kier alpha value is -3.25. The van der Waals surface area contributed by atoms with Gasteiger partial charge in [-0.25, -0.2) is 0 Å². The first kappa shape index (κ1) is 21.6. The van der Waals surface area contributed by atoms with Gasteiger partial charge in [0.25, 0.3) is 0 Å². The lowest BCUT2D eigenvalue weighted by molar-refractivity contribution is -0.686. The molecule has 1 aliphatic heterocycles. The molecule has 0 spiro atoms. The first-order chi connectivity index (χ1) is 16.1. The number of aromatic nitrogens is 1. The smallest absolute Gasteiger partial charge is 0.213 e. The molecule has 4 aromatic rings. The van der Waals surface area contributed by atoms with Crippen LogP contribution in [-0.4, -0.2) is 21.3 Å². The van der Waals surface area contributed by atoms with Crippen molar-refractivity contribution in [3.8, 4) is 28.5 Å². The van der Waals surface area contributed by atoms with Crippen LogP contribution in [0, 0.1) is 0 Å². The zero-order valence-electron chi connectivity index (χ0n) is 18.9. The Morgan fingerprint density at radius 2 is 1.61 bits per heavy atom. The zero-order valence-corrected chi connectivity index (χ0v) is 20.5. The molecule has 3 aromatic carbocycles. The summed E-state index contributed by atoms with van der Waals surface area (Å²) in [5.41, 5.74) is 5.84. The lowest BCUT2D eigenvalue weighted by Gasteiger charge is -2.19. The van der Waals surface area contributed by atoms with Crippen LogP contribution in [0.2, 0.25) is 0 Å². The normalized spacial score (nSPS) is 12.1. The average molecular weight is 506 g/mol. The highest BCUT2D eigenvalue weighted by Gasteiger charge is 2.27. The third-order valence-corrected chi connectivity index (χ3v) is 6.77. The number of anilines is 1. The molecule has 6 heteroatoms. The van der Waals surface area contributed by atoms with Crippen LogP contribution in [0.5, 0.6) is 17.2 Å². The summed E-state index contributed by atoms with van der Waals surface area (Å²) in [7, 11) is 5.07. The Kier molecular flexibility index (Phi) is 5.85. The predicted octanol–water partition coefficient (Wildman–Crippen LogP) is 5.75. The Labute approximate surface area is 202 Å². The summed E-state index contributed by atoms with van der Waals surface area (Å²) in [5.74, 6) is 2.36. The maximum absolute atomic E-state index is 5.71. The molecule has 0 radical (unpaired) electrons. The summed E-state index contributed by atoms with van der Waals surface area (Å²) < 4.78 is 20.2. The van der Waals surface area contributed by atoms with Crippen molar-refractivity contribution in [2.45, 2.75) is 19.5 Å². The van der Waals surface area contributed by atoms with Gasteiger partial charge < -0.3 is 19.5 Å². The third kappa shape index (κ3) is 4.00. The maximum Gasteiger partial charge on any atom is 0.213 e. The molecule has 5 nitrogen and oxygen atoms in total. The molecule has 1 aromatic heterocycles. The second-order valence-corrected chi connectivity index (χ2v) is 9.01. The lowest BCUT2D eigenvalue weighted by Crippen LogP contribution is -2.40. The van der Waals surface area contributed by atoms with Gasteiger partial charge in [0.2, 0.25) is 5.69 Å². The summed E-state index contributed by atoms with van der Waals surface area (Å²) in [4.78, 5) is 0. The molecule has 5 rings (SSSR count). The number of fused-ring (bicyclic) bond motifs is 4. The van der Waals surface area contributed by atoms with Gasteiger partial charge in [-0.2, -0.15) is 4.57 Å². The number of rotatable bonds is 6. The van der Waals surface area contributed by atoms with Crippen LogP contribution in [0.1, 0.15) is 11.1 Å². The van der Waals surface area contributed by atoms with Crippen LogP contribution in [0.15, 0.2) is 65.3 Å². The molecule has 0 aliphatic carbocycles. The van der Waals surface area contributed by atoms with Gasteiger partial charge in [-0.3, -0.25) is 0 Å². The zero-order chi connectivity index (χ0) is 22.9. The fourth-order valence-electron chi connectivity index (χ4n) is 4.51. The first-order valence-corrected chi connectivity index (χ1v) is 11.7. The van der Waals surface area contributed by atoms with E-state index in [9.17, 15) is 0 Å². The van der Waals surface area contributed by atoms with Gasteiger partial charge in [-0.15, -0.1) is 0 Å². The Morgan fingerprint density at radius 3 is 2.33 bits per heavy atom. The minimum Gasteiger partial charge on any atom is -0.495 e. The number of hydrogen-bond acceptors (Lipinski definition) is 4. The minimum atomic E-state index is 0.713. The van der Waals surface area contributed by atoms with Gasteiger partial charge in [0, 0.05) is 23.5 Å². The standard InChI is InChI=1S/C27H25BrN2O3/c1-31-24-9-6-18-12-23-21-14-26(33-3)25(32-2)13-19(21)10-11-30(23)16-22(18)27(24)29-15-17-4-7-20(28)8-5-17/h4-9,12-14,16H,10-11,15H2,1-3H3/p+1. The number of ether oxygens (including phenoxy) is 3. The predicted molar refractivity (Wildman–Crippen MR) is 134 cm³/mol. The van der Waals surface area contributed by atoms with E-state index >= 15 is 0 Å². The van der Waals surface area contributed by atoms with Gasteiger partial charge in [0.1, 0.15) is 5.75 Å². The van der Waals surface area contributed by atoms with Gasteiger partial charge in [-0.05, 0) is 46.8 Å². The number of nitrogens with zero attached hydrogens (tertiary/aromatic N) is 1. The quantitative estimate of drug-likeness (QED) is 0.338. The van der Waals surface area contributed by atoms with E-state index < -0.39 is 0 Å². The molecule has 0 atom stereocenters. The highest BCUT2D eigenvalue weighted by atomic mass is 79.9. The van der Waals surface area contributed by atoms with E-state index in [1.807, 2.05) is 6.07 Å². The fourth-order valence-corrected chi connectivity index (χ4v) is 4.77. The van der Waals surface area contributed by atoms with Gasteiger partial charge >= 0.3 is 0 Å². The Bertz CT molecular complexity index is 1340. The largest absolute Gasteiger partial charge is 0.495 e. The molecule has 0 saturated carbocycles. The molecule has 1 N–H and O–H groups in total. The highest BCUT2D eigenvalue weighted by Crippen LogP contribution is 2.39. The summed E-state index contributed by atoms with van der Waals surface area (Å²) in [6.07, 6.45) is 3.17. The van der Waals surface area contributed by atoms with Crippen molar-refractivity contribution < 1.29 is 18.8 Å². The van der Waals surface area contributed by atoms with Crippen molar-refractivity contribution in [3.63, 3.8) is 0 Å². The van der Waals surface area contributed by atoms with E-state index in [1.165, 1.54) is 22.4 Å². The van der Waals surface area contributed by atoms with Crippen molar-refractivity contribution in [3.05, 3.63) is 76.4 Å². The third-order valence-electron chi connectivity index (χ3n) is 6.24. The van der Waals surface area contributed by atoms with Crippen LogP contribution in [-0.2, 0) is 19.5 Å². The molecule has 0 amide bonds. The van der Waals surface area contributed by atoms with Crippen molar-refractivity contribution in [1.82, 2.24) is 0 Å². The Balaban J connectivity index is 1.59. The van der Waals surface area contributed by atoms with E-state index in [1.54, 1.807) is 21.3 Å². The number of pyridine rings is 1. The second-order valence-electron chi connectivity index (χ2n) is 8.09. The molecule has 0 fully saturated rings. The Morgan fingerprint density at radius 1 is 0.879 bits per heavy atom. The van der Waals surface area contributed by atoms with E-state index in [0.29, 0.717) is 6.54 Å². The molecular weight excluding hydrogens is 480 g/mol. The van der Waals surface area contributed by atoms with Crippen molar-refractivity contribution in [2.24, 2.45) is 0 Å². The topological polar surface area (TPSA) is 43.6 Å². The number of halogens is 1. The number of methoxy groups -OCH3 is 3.